The van der Waals surface area contributed by atoms with Crippen molar-refractivity contribution >= 4 is 5.91 Å². The molecule has 0 aliphatic carbocycles. The van der Waals surface area contributed by atoms with Crippen LogP contribution in [0.3, 0.4) is 0 Å². The largest absolute Gasteiger partial charge is 0.355 e. The van der Waals surface area contributed by atoms with Gasteiger partial charge in [-0.2, -0.15) is 0 Å². The Morgan fingerprint density at radius 2 is 1.94 bits per heavy atom. The molecule has 0 aromatic heterocycles. The lowest BCUT2D eigenvalue weighted by molar-refractivity contribution is -0.120. The molecule has 0 fully saturated rings. The van der Waals surface area contributed by atoms with E-state index in [1.165, 1.54) is 12.1 Å². The fourth-order valence-corrected chi connectivity index (χ4v) is 1.53. The molecular formula is C14H21FN2O. The van der Waals surface area contributed by atoms with Crippen LogP contribution in [-0.2, 0) is 11.2 Å². The van der Waals surface area contributed by atoms with Gasteiger partial charge in [0.15, 0.2) is 0 Å². The van der Waals surface area contributed by atoms with Crippen LogP contribution in [0.25, 0.3) is 0 Å². The fourth-order valence-electron chi connectivity index (χ4n) is 1.53. The highest BCUT2D eigenvalue weighted by molar-refractivity contribution is 5.77. The highest BCUT2D eigenvalue weighted by atomic mass is 19.1. The smallest absolute Gasteiger partial charge is 0.233 e. The van der Waals surface area contributed by atoms with Crippen LogP contribution in [0.2, 0.25) is 0 Å². The van der Waals surface area contributed by atoms with Crippen LogP contribution in [0.1, 0.15) is 19.4 Å². The molecule has 0 bridgehead atoms. The molecule has 4 heteroatoms. The lowest BCUT2D eigenvalue weighted by atomic mass is 10.1. The molecule has 1 amide bonds. The van der Waals surface area contributed by atoms with Crippen LogP contribution in [-0.4, -0.2) is 25.5 Å². The van der Waals surface area contributed by atoms with Gasteiger partial charge >= 0.3 is 0 Å². The number of hydrogen-bond donors (Lipinski definition) is 2. The van der Waals surface area contributed by atoms with E-state index in [1.54, 1.807) is 12.1 Å². The topological polar surface area (TPSA) is 41.1 Å². The second-order valence-corrected chi connectivity index (χ2v) is 4.75. The molecule has 1 aromatic carbocycles. The van der Waals surface area contributed by atoms with Crippen LogP contribution in [0, 0.1) is 11.7 Å². The number of amides is 1. The van der Waals surface area contributed by atoms with Gasteiger partial charge in [0, 0.05) is 6.54 Å². The number of nitrogens with one attached hydrogen (secondary N) is 2. The van der Waals surface area contributed by atoms with E-state index in [2.05, 4.69) is 24.5 Å². The van der Waals surface area contributed by atoms with Gasteiger partial charge in [-0.05, 0) is 36.6 Å². The first kappa shape index (κ1) is 14.6. The summed E-state index contributed by atoms with van der Waals surface area (Å²) in [7, 11) is 0. The molecule has 100 valence electrons. The number of carbonyl (C=O) groups is 1. The van der Waals surface area contributed by atoms with E-state index < -0.39 is 0 Å². The summed E-state index contributed by atoms with van der Waals surface area (Å²) in [6.45, 7) is 5.96. The lowest BCUT2D eigenvalue weighted by Gasteiger charge is -2.08. The number of benzene rings is 1. The van der Waals surface area contributed by atoms with Crippen molar-refractivity contribution < 1.29 is 9.18 Å². The van der Waals surface area contributed by atoms with E-state index in [-0.39, 0.29) is 11.7 Å². The summed E-state index contributed by atoms with van der Waals surface area (Å²) in [6.07, 6.45) is 0.718. The molecule has 0 unspecified atom stereocenters. The zero-order valence-corrected chi connectivity index (χ0v) is 11.0. The van der Waals surface area contributed by atoms with Gasteiger partial charge in [-0.3, -0.25) is 4.79 Å². The van der Waals surface area contributed by atoms with Gasteiger partial charge < -0.3 is 10.6 Å². The Kier molecular flexibility index (Phi) is 6.36. The highest BCUT2D eigenvalue weighted by Crippen LogP contribution is 2.02. The monoisotopic (exact) mass is 252 g/mol. The van der Waals surface area contributed by atoms with Gasteiger partial charge in [-0.15, -0.1) is 0 Å². The van der Waals surface area contributed by atoms with Crippen molar-refractivity contribution in [3.8, 4) is 0 Å². The molecule has 2 N–H and O–H groups in total. The van der Waals surface area contributed by atoms with Gasteiger partial charge in [-0.1, -0.05) is 26.0 Å². The third kappa shape index (κ3) is 6.35. The second-order valence-electron chi connectivity index (χ2n) is 4.75. The van der Waals surface area contributed by atoms with Gasteiger partial charge in [-0.25, -0.2) is 4.39 Å². The highest BCUT2D eigenvalue weighted by Gasteiger charge is 2.01. The minimum Gasteiger partial charge on any atom is -0.355 e. The summed E-state index contributed by atoms with van der Waals surface area (Å²) >= 11 is 0. The van der Waals surface area contributed by atoms with Gasteiger partial charge in [0.25, 0.3) is 0 Å². The Morgan fingerprint density at radius 1 is 1.28 bits per heavy atom. The summed E-state index contributed by atoms with van der Waals surface area (Å²) in [5.41, 5.74) is 1.02. The first-order valence-electron chi connectivity index (χ1n) is 6.30. The van der Waals surface area contributed by atoms with Crippen molar-refractivity contribution in [2.24, 2.45) is 5.92 Å². The molecule has 1 rings (SSSR count). The molecule has 0 saturated heterocycles. The molecule has 0 saturated carbocycles. The normalized spacial score (nSPS) is 10.7. The van der Waals surface area contributed by atoms with E-state index in [0.717, 1.165) is 18.5 Å². The average Bonchev–Trinajstić information content (AvgIpc) is 2.31. The fraction of sp³-hybridized carbons (Fsp3) is 0.500. The third-order valence-corrected chi connectivity index (χ3v) is 2.49. The second kappa shape index (κ2) is 7.82. The van der Waals surface area contributed by atoms with Crippen LogP contribution in [0.4, 0.5) is 4.39 Å². The summed E-state index contributed by atoms with van der Waals surface area (Å²) < 4.78 is 12.7. The van der Waals surface area contributed by atoms with E-state index in [9.17, 15) is 9.18 Å². The number of halogens is 1. The van der Waals surface area contributed by atoms with E-state index in [4.69, 9.17) is 0 Å². The molecule has 0 radical (unpaired) electrons. The molecule has 0 aliphatic heterocycles. The van der Waals surface area contributed by atoms with Crippen molar-refractivity contribution in [2.75, 3.05) is 19.6 Å². The Balaban J connectivity index is 2.13. The summed E-state index contributed by atoms with van der Waals surface area (Å²) in [4.78, 5) is 11.4. The summed E-state index contributed by atoms with van der Waals surface area (Å²) in [5, 5.41) is 5.90. The Labute approximate surface area is 108 Å². The van der Waals surface area contributed by atoms with Crippen LogP contribution in [0.5, 0.6) is 0 Å². The molecular weight excluding hydrogens is 231 g/mol. The maximum absolute atomic E-state index is 12.7. The Bertz CT molecular complexity index is 363. The van der Waals surface area contributed by atoms with Crippen molar-refractivity contribution in [2.45, 2.75) is 20.3 Å². The predicted molar refractivity (Wildman–Crippen MR) is 70.8 cm³/mol. The number of hydrogen-bond acceptors (Lipinski definition) is 2. The minimum absolute atomic E-state index is 0.00207. The number of rotatable bonds is 7. The van der Waals surface area contributed by atoms with Crippen molar-refractivity contribution in [3.63, 3.8) is 0 Å². The van der Waals surface area contributed by atoms with Crippen molar-refractivity contribution in [1.82, 2.24) is 10.6 Å². The standard InChI is InChI=1S/C14H21FN2O/c1-11(2)9-16-10-14(18)17-8-7-12-3-5-13(15)6-4-12/h3-6,11,16H,7-10H2,1-2H3,(H,17,18). The molecule has 0 atom stereocenters. The van der Waals surface area contributed by atoms with E-state index in [1.807, 2.05) is 0 Å². The zero-order chi connectivity index (χ0) is 13.4. The van der Waals surface area contributed by atoms with Gasteiger partial charge in [0.2, 0.25) is 5.91 Å². The van der Waals surface area contributed by atoms with Gasteiger partial charge in [0.05, 0.1) is 6.54 Å². The Morgan fingerprint density at radius 3 is 2.56 bits per heavy atom. The molecule has 0 heterocycles. The van der Waals surface area contributed by atoms with Crippen LogP contribution in [0.15, 0.2) is 24.3 Å². The maximum atomic E-state index is 12.7. The summed E-state index contributed by atoms with van der Waals surface area (Å²) in [5.74, 6) is 0.301. The van der Waals surface area contributed by atoms with Crippen molar-refractivity contribution in [3.05, 3.63) is 35.6 Å². The Hall–Kier alpha value is -1.42. The molecule has 0 aliphatic rings. The van der Waals surface area contributed by atoms with E-state index in [0.29, 0.717) is 19.0 Å². The maximum Gasteiger partial charge on any atom is 0.233 e. The number of carbonyl (C=O) groups excluding carboxylic acids is 1. The van der Waals surface area contributed by atoms with E-state index >= 15 is 0 Å². The first-order chi connectivity index (χ1) is 8.58. The lowest BCUT2D eigenvalue weighted by Crippen LogP contribution is -2.36. The van der Waals surface area contributed by atoms with Crippen LogP contribution < -0.4 is 10.6 Å². The molecule has 1 aromatic rings. The van der Waals surface area contributed by atoms with Crippen molar-refractivity contribution in [1.29, 1.82) is 0 Å². The van der Waals surface area contributed by atoms with Gasteiger partial charge in [0.1, 0.15) is 5.82 Å². The summed E-state index contributed by atoms with van der Waals surface area (Å²) in [6, 6.07) is 6.33. The molecule has 18 heavy (non-hydrogen) atoms. The zero-order valence-electron chi connectivity index (χ0n) is 11.0. The first-order valence-corrected chi connectivity index (χ1v) is 6.30. The quantitative estimate of drug-likeness (QED) is 0.776. The third-order valence-electron chi connectivity index (χ3n) is 2.49. The molecule has 3 nitrogen and oxygen atoms in total. The predicted octanol–water partition coefficient (Wildman–Crippen LogP) is 1.73. The SMILES string of the molecule is CC(C)CNCC(=O)NCCc1ccc(F)cc1. The minimum atomic E-state index is -0.235. The average molecular weight is 252 g/mol. The van der Waals surface area contributed by atoms with Crippen LogP contribution >= 0.6 is 0 Å². The molecule has 0 spiro atoms.